The van der Waals surface area contributed by atoms with E-state index in [9.17, 15) is 23.1 Å². The molecule has 0 amide bonds. The Kier molecular flexibility index (Phi) is 6.78. The van der Waals surface area contributed by atoms with Gasteiger partial charge in [0.05, 0.1) is 24.4 Å². The average Bonchev–Trinajstić information content (AvgIpc) is 2.76. The third-order valence-corrected chi connectivity index (χ3v) is 6.25. The fourth-order valence-corrected chi connectivity index (χ4v) is 4.56. The fourth-order valence-electron chi connectivity index (χ4n) is 3.40. The third-order valence-electron chi connectivity index (χ3n) is 5.07. The van der Waals surface area contributed by atoms with Crippen LogP contribution in [-0.4, -0.2) is 53.9 Å². The van der Waals surface area contributed by atoms with Crippen molar-refractivity contribution in [2.45, 2.75) is 32.4 Å². The van der Waals surface area contributed by atoms with Gasteiger partial charge < -0.3 is 9.84 Å². The van der Waals surface area contributed by atoms with Crippen LogP contribution in [0.1, 0.15) is 18.9 Å². The Morgan fingerprint density at radius 1 is 1.22 bits per heavy atom. The summed E-state index contributed by atoms with van der Waals surface area (Å²) in [5.41, 5.74) is 1.12. The van der Waals surface area contributed by atoms with Gasteiger partial charge in [0.25, 0.3) is 5.56 Å². The second-order valence-corrected chi connectivity index (χ2v) is 9.08. The van der Waals surface area contributed by atoms with E-state index < -0.39 is 27.6 Å². The number of nitrogens with zero attached hydrogens (tertiary/aromatic N) is 4. The Morgan fingerprint density at radius 2 is 1.91 bits per heavy atom. The van der Waals surface area contributed by atoms with Gasteiger partial charge in [-0.05, 0) is 48.7 Å². The average molecular weight is 461 g/mol. The van der Waals surface area contributed by atoms with Gasteiger partial charge in [0.2, 0.25) is 10.0 Å². The highest BCUT2D eigenvalue weighted by Gasteiger charge is 2.32. The zero-order chi connectivity index (χ0) is 23.5. The smallest absolute Gasteiger partial charge is 0.327 e. The number of anilines is 1. The first-order valence-corrected chi connectivity index (χ1v) is 11.7. The molecule has 32 heavy (non-hydrogen) atoms. The summed E-state index contributed by atoms with van der Waals surface area (Å²) in [6.45, 7) is 1.82. The molecule has 1 atom stereocenters. The van der Waals surface area contributed by atoms with Crippen LogP contribution in [0.15, 0.2) is 47.3 Å². The molecule has 1 unspecified atom stereocenters. The maximum atomic E-state index is 12.8. The maximum Gasteiger partial charge on any atom is 0.327 e. The molecule has 0 bridgehead atoms. The first-order chi connectivity index (χ1) is 15.2. The van der Waals surface area contributed by atoms with Crippen molar-refractivity contribution in [2.24, 2.45) is 0 Å². The van der Waals surface area contributed by atoms with Gasteiger partial charge >= 0.3 is 5.97 Å². The van der Waals surface area contributed by atoms with Crippen molar-refractivity contribution in [2.75, 3.05) is 17.7 Å². The van der Waals surface area contributed by atoms with E-state index in [1.54, 1.807) is 36.4 Å². The number of sulfonamides is 1. The molecule has 1 N–H and O–H groups in total. The van der Waals surface area contributed by atoms with Crippen LogP contribution in [0.5, 0.6) is 5.75 Å². The highest BCUT2D eigenvalue weighted by molar-refractivity contribution is 7.92. The van der Waals surface area contributed by atoms with E-state index in [0.717, 1.165) is 27.2 Å². The molecule has 0 spiro atoms. The number of ether oxygens (including phenoxy) is 1. The molecule has 0 aliphatic heterocycles. The highest BCUT2D eigenvalue weighted by atomic mass is 32.2. The number of benzene rings is 2. The molecular weight excluding hydrogens is 436 g/mol. The van der Waals surface area contributed by atoms with Gasteiger partial charge in [-0.3, -0.25) is 9.10 Å². The predicted octanol–water partition coefficient (Wildman–Crippen LogP) is 1.67. The molecule has 0 aliphatic rings. The minimum Gasteiger partial charge on any atom is -0.497 e. The van der Waals surface area contributed by atoms with Crippen molar-refractivity contribution >= 4 is 32.6 Å². The number of hydrogen-bond acceptors (Lipinski definition) is 7. The Labute approximate surface area is 185 Å². The zero-order valence-electron chi connectivity index (χ0n) is 17.9. The largest absolute Gasteiger partial charge is 0.497 e. The number of aromatic nitrogens is 3. The number of carboxylic acid groups (broad SMARTS) is 1. The molecule has 10 nitrogen and oxygen atoms in total. The van der Waals surface area contributed by atoms with Crippen molar-refractivity contribution in [3.05, 3.63) is 58.4 Å². The summed E-state index contributed by atoms with van der Waals surface area (Å²) < 4.78 is 32.0. The van der Waals surface area contributed by atoms with E-state index >= 15 is 0 Å². The third kappa shape index (κ3) is 4.88. The van der Waals surface area contributed by atoms with Gasteiger partial charge in [-0.15, -0.1) is 5.10 Å². The molecule has 3 rings (SSSR count). The van der Waals surface area contributed by atoms with Gasteiger partial charge in [0, 0.05) is 6.54 Å². The van der Waals surface area contributed by atoms with Crippen LogP contribution < -0.4 is 14.6 Å². The van der Waals surface area contributed by atoms with E-state index in [4.69, 9.17) is 4.74 Å². The van der Waals surface area contributed by atoms with Crippen molar-refractivity contribution in [1.82, 2.24) is 15.0 Å². The monoisotopic (exact) mass is 460 g/mol. The molecule has 1 aromatic heterocycles. The lowest BCUT2D eigenvalue weighted by Crippen LogP contribution is -2.46. The van der Waals surface area contributed by atoms with Crippen molar-refractivity contribution in [3.8, 4) is 5.75 Å². The first-order valence-electron chi connectivity index (χ1n) is 9.88. The number of fused-ring (bicyclic) bond motifs is 1. The first kappa shape index (κ1) is 23.2. The zero-order valence-corrected chi connectivity index (χ0v) is 18.7. The minimum atomic E-state index is -3.93. The molecule has 0 radical (unpaired) electrons. The van der Waals surface area contributed by atoms with E-state index in [-0.39, 0.29) is 24.0 Å². The molecule has 0 saturated heterocycles. The number of methoxy groups -OCH3 is 1. The van der Waals surface area contributed by atoms with Crippen molar-refractivity contribution in [1.29, 1.82) is 0 Å². The Balaban J connectivity index is 1.95. The second kappa shape index (κ2) is 9.35. The standard InChI is InChI=1S/C21H24N4O6S/c1-4-14-5-7-15(8-6-14)25(32(3,29)30)19(21(27)28)11-12-24-20(26)17-13-16(31-2)9-10-18(17)22-23-24/h5-10,13,19H,4,11-12H2,1-3H3,(H,27,28). The molecular formula is C21H24N4O6S. The molecule has 170 valence electrons. The highest BCUT2D eigenvalue weighted by Crippen LogP contribution is 2.24. The van der Waals surface area contributed by atoms with Crippen LogP contribution in [0.3, 0.4) is 0 Å². The van der Waals surface area contributed by atoms with Crippen LogP contribution in [0.4, 0.5) is 5.69 Å². The number of hydrogen-bond donors (Lipinski definition) is 1. The van der Waals surface area contributed by atoms with Gasteiger partial charge in [-0.2, -0.15) is 0 Å². The summed E-state index contributed by atoms with van der Waals surface area (Å²) in [6.07, 6.45) is 1.52. The van der Waals surface area contributed by atoms with Crippen LogP contribution in [0.25, 0.3) is 10.9 Å². The van der Waals surface area contributed by atoms with Crippen LogP contribution in [0, 0.1) is 0 Å². The normalized spacial score (nSPS) is 12.5. The Bertz CT molecular complexity index is 1290. The molecule has 0 saturated carbocycles. The summed E-state index contributed by atoms with van der Waals surface area (Å²) in [7, 11) is -2.46. The number of aliphatic carboxylic acids is 1. The quantitative estimate of drug-likeness (QED) is 0.510. The molecule has 1 heterocycles. The lowest BCUT2D eigenvalue weighted by molar-refractivity contribution is -0.138. The van der Waals surface area contributed by atoms with Crippen LogP contribution in [0.2, 0.25) is 0 Å². The summed E-state index contributed by atoms with van der Waals surface area (Å²) in [5, 5.41) is 17.9. The van der Waals surface area contributed by atoms with Crippen LogP contribution in [-0.2, 0) is 27.8 Å². The SMILES string of the molecule is CCc1ccc(N(C(CCn2nnc3ccc(OC)cc3c2=O)C(=O)O)S(C)(=O)=O)cc1. The van der Waals surface area contributed by atoms with Gasteiger partial charge in [0.1, 0.15) is 17.3 Å². The summed E-state index contributed by atoms with van der Waals surface area (Å²) in [4.78, 5) is 24.9. The number of carbonyl (C=O) groups is 1. The second-order valence-electron chi connectivity index (χ2n) is 7.22. The van der Waals surface area contributed by atoms with E-state index in [2.05, 4.69) is 10.3 Å². The van der Waals surface area contributed by atoms with Gasteiger partial charge in [-0.25, -0.2) is 17.9 Å². The summed E-state index contributed by atoms with van der Waals surface area (Å²) in [5.74, 6) is -0.866. The van der Waals surface area contributed by atoms with Gasteiger partial charge in [0.15, 0.2) is 0 Å². The topological polar surface area (TPSA) is 132 Å². The van der Waals surface area contributed by atoms with Gasteiger partial charge in [-0.1, -0.05) is 24.3 Å². The van der Waals surface area contributed by atoms with Crippen molar-refractivity contribution in [3.63, 3.8) is 0 Å². The molecule has 2 aromatic carbocycles. The predicted molar refractivity (Wildman–Crippen MR) is 120 cm³/mol. The number of rotatable bonds is 9. The lowest BCUT2D eigenvalue weighted by Gasteiger charge is -2.29. The molecule has 3 aromatic rings. The minimum absolute atomic E-state index is 0.144. The summed E-state index contributed by atoms with van der Waals surface area (Å²) >= 11 is 0. The summed E-state index contributed by atoms with van der Waals surface area (Å²) in [6, 6.07) is 9.97. The lowest BCUT2D eigenvalue weighted by atomic mass is 10.1. The Hall–Kier alpha value is -3.47. The number of carboxylic acids is 1. The van der Waals surface area contributed by atoms with Crippen LogP contribution >= 0.6 is 0 Å². The van der Waals surface area contributed by atoms with Crippen molar-refractivity contribution < 1.29 is 23.1 Å². The molecule has 0 fully saturated rings. The fraction of sp³-hybridized carbons (Fsp3) is 0.333. The molecule has 11 heteroatoms. The molecule has 0 aliphatic carbocycles. The van der Waals surface area contributed by atoms with E-state index in [0.29, 0.717) is 11.3 Å². The van der Waals surface area contributed by atoms with E-state index in [1.807, 2.05) is 6.92 Å². The number of aryl methyl sites for hydroxylation is 2. The maximum absolute atomic E-state index is 12.8. The van der Waals surface area contributed by atoms with E-state index in [1.165, 1.54) is 13.2 Å². The Morgan fingerprint density at radius 3 is 2.47 bits per heavy atom.